The summed E-state index contributed by atoms with van der Waals surface area (Å²) < 4.78 is 0. The molecule has 0 bridgehead atoms. The van der Waals surface area contributed by atoms with E-state index in [0.29, 0.717) is 17.5 Å². The molecule has 61 heavy (non-hydrogen) atoms. The first kappa shape index (κ1) is 34.9. The Kier molecular flexibility index (Phi) is 8.04. The molecule has 2 aliphatic rings. The van der Waals surface area contributed by atoms with Gasteiger partial charge in [-0.05, 0) is 96.1 Å². The van der Waals surface area contributed by atoms with Crippen molar-refractivity contribution in [1.29, 1.82) is 0 Å². The van der Waals surface area contributed by atoms with Gasteiger partial charge in [0, 0.05) is 29.1 Å². The van der Waals surface area contributed by atoms with Crippen LogP contribution in [0.3, 0.4) is 0 Å². The Morgan fingerprint density at radius 2 is 0.721 bits per heavy atom. The van der Waals surface area contributed by atoms with Crippen LogP contribution in [-0.2, 0) is 5.41 Å². The summed E-state index contributed by atoms with van der Waals surface area (Å²) in [5.41, 5.74) is 19.8. The summed E-state index contributed by atoms with van der Waals surface area (Å²) in [6, 6.07) is 73.8. The van der Waals surface area contributed by atoms with Crippen molar-refractivity contribution in [3.05, 3.63) is 241 Å². The molecular formula is C57H36N4. The molecule has 4 nitrogen and oxygen atoms in total. The van der Waals surface area contributed by atoms with Crippen LogP contribution in [0.4, 0.5) is 0 Å². The quantitative estimate of drug-likeness (QED) is 0.169. The van der Waals surface area contributed by atoms with Crippen LogP contribution in [0.15, 0.2) is 219 Å². The number of fused-ring (bicyclic) bond motifs is 10. The number of aromatic nitrogens is 4. The van der Waals surface area contributed by atoms with E-state index in [1.54, 1.807) is 6.20 Å². The van der Waals surface area contributed by atoms with Crippen LogP contribution in [-0.4, -0.2) is 19.9 Å². The topological polar surface area (TPSA) is 51.6 Å². The second-order valence-electron chi connectivity index (χ2n) is 15.8. The number of nitrogens with zero attached hydrogens (tertiary/aromatic N) is 4. The number of benzene rings is 8. The van der Waals surface area contributed by atoms with Gasteiger partial charge in [0.2, 0.25) is 0 Å². The highest BCUT2D eigenvalue weighted by atomic mass is 15.0. The van der Waals surface area contributed by atoms with Gasteiger partial charge >= 0.3 is 0 Å². The SMILES string of the molecule is c1ccc(-c2nc(-c3ccc(-c4cccnc4)cc3)nc(-c3cccc(-c4cccc(-c5cccc6c5-c5ccccc5C65c6ccccc6-c6ccccc65)c4)c3)n2)cc1. The largest absolute Gasteiger partial charge is 0.264 e. The van der Waals surface area contributed by atoms with Crippen molar-refractivity contribution in [2.75, 3.05) is 0 Å². The van der Waals surface area contributed by atoms with Gasteiger partial charge in [-0.1, -0.05) is 188 Å². The van der Waals surface area contributed by atoms with E-state index in [1.807, 2.05) is 42.6 Å². The Morgan fingerprint density at radius 3 is 1.38 bits per heavy atom. The van der Waals surface area contributed by atoms with E-state index < -0.39 is 0 Å². The zero-order valence-corrected chi connectivity index (χ0v) is 33.1. The van der Waals surface area contributed by atoms with Gasteiger partial charge in [0.25, 0.3) is 0 Å². The minimum Gasteiger partial charge on any atom is -0.264 e. The molecular weight excluding hydrogens is 741 g/mol. The zero-order valence-electron chi connectivity index (χ0n) is 33.1. The molecule has 0 fully saturated rings. The van der Waals surface area contributed by atoms with Gasteiger partial charge in [0.15, 0.2) is 17.5 Å². The van der Waals surface area contributed by atoms with Gasteiger partial charge in [-0.25, -0.2) is 15.0 Å². The number of hydrogen-bond acceptors (Lipinski definition) is 4. The van der Waals surface area contributed by atoms with Crippen molar-refractivity contribution in [3.8, 4) is 89.8 Å². The highest BCUT2D eigenvalue weighted by molar-refractivity contribution is 6.00. The summed E-state index contributed by atoms with van der Waals surface area (Å²) in [6.45, 7) is 0. The Morgan fingerprint density at radius 1 is 0.279 bits per heavy atom. The third-order valence-electron chi connectivity index (χ3n) is 12.5. The van der Waals surface area contributed by atoms with Crippen LogP contribution in [0.2, 0.25) is 0 Å². The van der Waals surface area contributed by atoms with E-state index in [2.05, 4.69) is 175 Å². The van der Waals surface area contributed by atoms with E-state index in [0.717, 1.165) is 38.9 Å². The Labute approximate surface area is 354 Å². The first-order chi connectivity index (χ1) is 30.2. The van der Waals surface area contributed by atoms with Crippen molar-refractivity contribution in [2.45, 2.75) is 5.41 Å². The highest BCUT2D eigenvalue weighted by Gasteiger charge is 2.51. The molecule has 0 N–H and O–H groups in total. The molecule has 0 saturated heterocycles. The fourth-order valence-corrected chi connectivity index (χ4v) is 9.78. The molecule has 2 heterocycles. The van der Waals surface area contributed by atoms with Gasteiger partial charge in [-0.15, -0.1) is 0 Å². The smallest absolute Gasteiger partial charge is 0.164 e. The van der Waals surface area contributed by atoms with Crippen LogP contribution >= 0.6 is 0 Å². The first-order valence-corrected chi connectivity index (χ1v) is 20.7. The van der Waals surface area contributed by atoms with Crippen molar-refractivity contribution in [3.63, 3.8) is 0 Å². The minimum atomic E-state index is -0.384. The lowest BCUT2D eigenvalue weighted by molar-refractivity contribution is 0.794. The fraction of sp³-hybridized carbons (Fsp3) is 0.0175. The molecule has 0 saturated carbocycles. The van der Waals surface area contributed by atoms with Crippen LogP contribution < -0.4 is 0 Å². The lowest BCUT2D eigenvalue weighted by Gasteiger charge is -2.30. The number of hydrogen-bond donors (Lipinski definition) is 0. The summed E-state index contributed by atoms with van der Waals surface area (Å²) in [5, 5.41) is 0. The van der Waals surface area contributed by atoms with E-state index in [4.69, 9.17) is 15.0 Å². The summed E-state index contributed by atoms with van der Waals surface area (Å²) in [5.74, 6) is 1.88. The van der Waals surface area contributed by atoms with Crippen molar-refractivity contribution in [1.82, 2.24) is 19.9 Å². The normalized spacial score (nSPS) is 12.7. The number of rotatable bonds is 6. The standard InChI is InChI=1S/C57H36N4/c1-2-14-38(15-3-1)54-59-55(39-31-29-37(30-32-39)44-20-13-33-58-36-44)61-56(60-54)43-19-11-17-41(35-43)40-16-10-18-42(34-40)45-24-12-28-52-53(45)48-23-6-9-27-51(48)57(52)49-25-7-4-21-46(49)47-22-5-8-26-50(47)57/h1-36H. The molecule has 10 aromatic rings. The van der Waals surface area contributed by atoms with Crippen molar-refractivity contribution < 1.29 is 0 Å². The molecule has 1 spiro atoms. The second kappa shape index (κ2) is 14.0. The van der Waals surface area contributed by atoms with Crippen LogP contribution in [0.5, 0.6) is 0 Å². The molecule has 284 valence electrons. The molecule has 0 amide bonds. The predicted molar refractivity (Wildman–Crippen MR) is 247 cm³/mol. The van der Waals surface area contributed by atoms with E-state index in [1.165, 1.54) is 55.6 Å². The van der Waals surface area contributed by atoms with E-state index in [9.17, 15) is 0 Å². The maximum Gasteiger partial charge on any atom is 0.164 e. The zero-order chi connectivity index (χ0) is 40.3. The molecule has 0 radical (unpaired) electrons. The molecule has 2 aliphatic carbocycles. The van der Waals surface area contributed by atoms with Gasteiger partial charge in [-0.3, -0.25) is 4.98 Å². The second-order valence-corrected chi connectivity index (χ2v) is 15.8. The Balaban J connectivity index is 0.962. The maximum absolute atomic E-state index is 5.09. The van der Waals surface area contributed by atoms with Gasteiger partial charge in [0.05, 0.1) is 5.41 Å². The molecule has 0 unspecified atom stereocenters. The van der Waals surface area contributed by atoms with Crippen molar-refractivity contribution >= 4 is 0 Å². The van der Waals surface area contributed by atoms with Gasteiger partial charge in [-0.2, -0.15) is 0 Å². The first-order valence-electron chi connectivity index (χ1n) is 20.7. The van der Waals surface area contributed by atoms with Gasteiger partial charge in [0.1, 0.15) is 0 Å². The Bertz CT molecular complexity index is 3260. The number of pyridine rings is 1. The fourth-order valence-electron chi connectivity index (χ4n) is 9.78. The molecule has 12 rings (SSSR count). The average molecular weight is 777 g/mol. The molecule has 0 aliphatic heterocycles. The van der Waals surface area contributed by atoms with Crippen LogP contribution in [0.1, 0.15) is 22.3 Å². The maximum atomic E-state index is 5.09. The average Bonchev–Trinajstić information content (AvgIpc) is 3.82. The predicted octanol–water partition coefficient (Wildman–Crippen LogP) is 13.6. The van der Waals surface area contributed by atoms with E-state index >= 15 is 0 Å². The van der Waals surface area contributed by atoms with Gasteiger partial charge < -0.3 is 0 Å². The molecule has 2 aromatic heterocycles. The van der Waals surface area contributed by atoms with Crippen LogP contribution in [0, 0.1) is 0 Å². The summed E-state index contributed by atoms with van der Waals surface area (Å²) in [4.78, 5) is 19.4. The molecule has 4 heteroatoms. The monoisotopic (exact) mass is 776 g/mol. The van der Waals surface area contributed by atoms with Crippen LogP contribution in [0.25, 0.3) is 89.8 Å². The minimum absolute atomic E-state index is 0.384. The van der Waals surface area contributed by atoms with E-state index in [-0.39, 0.29) is 5.41 Å². The molecule has 0 atom stereocenters. The third kappa shape index (κ3) is 5.53. The summed E-state index contributed by atoms with van der Waals surface area (Å²) in [6.07, 6.45) is 3.67. The summed E-state index contributed by atoms with van der Waals surface area (Å²) in [7, 11) is 0. The third-order valence-corrected chi connectivity index (χ3v) is 12.5. The Hall–Kier alpha value is -8.08. The summed E-state index contributed by atoms with van der Waals surface area (Å²) >= 11 is 0. The van der Waals surface area contributed by atoms with Crippen molar-refractivity contribution in [2.24, 2.45) is 0 Å². The highest BCUT2D eigenvalue weighted by Crippen LogP contribution is 2.63. The molecule has 8 aromatic carbocycles. The lowest BCUT2D eigenvalue weighted by atomic mass is 9.70. The lowest BCUT2D eigenvalue weighted by Crippen LogP contribution is -2.25.